The second-order valence-electron chi connectivity index (χ2n) is 5.36. The van der Waals surface area contributed by atoms with Crippen LogP contribution >= 0.6 is 23.6 Å². The number of nitrogens with zero attached hydrogens (tertiary/aromatic N) is 1. The van der Waals surface area contributed by atoms with Gasteiger partial charge in [-0.2, -0.15) is 11.3 Å². The molecule has 2 amide bonds. The molecule has 1 aliphatic rings. The van der Waals surface area contributed by atoms with Crippen LogP contribution in [0.25, 0.3) is 6.08 Å². The van der Waals surface area contributed by atoms with Gasteiger partial charge in [0.15, 0.2) is 5.11 Å². The molecule has 2 aromatic rings. The van der Waals surface area contributed by atoms with Gasteiger partial charge in [-0.15, -0.1) is 0 Å². The lowest BCUT2D eigenvalue weighted by molar-refractivity contribution is -0.122. The highest BCUT2D eigenvalue weighted by atomic mass is 32.1. The molecule has 1 fully saturated rings. The minimum absolute atomic E-state index is 0.0798. The van der Waals surface area contributed by atoms with Crippen LogP contribution in [-0.4, -0.2) is 16.9 Å². The summed E-state index contributed by atoms with van der Waals surface area (Å²) in [6.45, 7) is 3.91. The summed E-state index contributed by atoms with van der Waals surface area (Å²) in [5.41, 5.74) is 3.61. The Labute approximate surface area is 143 Å². The van der Waals surface area contributed by atoms with Crippen LogP contribution in [0.15, 0.2) is 40.6 Å². The first kappa shape index (κ1) is 15.6. The Kier molecular flexibility index (Phi) is 4.11. The molecule has 0 spiro atoms. The molecule has 23 heavy (non-hydrogen) atoms. The van der Waals surface area contributed by atoms with E-state index in [-0.39, 0.29) is 10.7 Å². The quantitative estimate of drug-likeness (QED) is 0.518. The molecule has 1 aromatic carbocycles. The Morgan fingerprint density at radius 1 is 1.17 bits per heavy atom. The second kappa shape index (κ2) is 6.06. The Morgan fingerprint density at radius 2 is 1.87 bits per heavy atom. The molecule has 3 rings (SSSR count). The van der Waals surface area contributed by atoms with Gasteiger partial charge in [-0.25, -0.2) is 0 Å². The highest BCUT2D eigenvalue weighted by molar-refractivity contribution is 7.80. The first-order chi connectivity index (χ1) is 11.0. The lowest BCUT2D eigenvalue weighted by Gasteiger charge is -2.29. The molecule has 0 atom stereocenters. The summed E-state index contributed by atoms with van der Waals surface area (Å²) in [5, 5.41) is 6.47. The topological polar surface area (TPSA) is 49.4 Å². The fourth-order valence-corrected chi connectivity index (χ4v) is 3.39. The maximum Gasteiger partial charge on any atom is 0.270 e. The number of rotatable bonds is 2. The summed E-state index contributed by atoms with van der Waals surface area (Å²) in [6, 6.07) is 7.61. The number of hydrogen-bond donors (Lipinski definition) is 1. The third-order valence-corrected chi connectivity index (χ3v) is 4.41. The SMILES string of the molecule is Cc1cc(C)cc(N2C(=O)C(=Cc3ccsc3)C(=O)NC2=S)c1. The average Bonchev–Trinajstić information content (AvgIpc) is 2.95. The molecular formula is C17H14N2O2S2. The van der Waals surface area contributed by atoms with Gasteiger partial charge in [0, 0.05) is 0 Å². The van der Waals surface area contributed by atoms with Gasteiger partial charge in [-0.3, -0.25) is 19.8 Å². The fourth-order valence-electron chi connectivity index (χ4n) is 2.50. The molecule has 6 heteroatoms. The summed E-state index contributed by atoms with van der Waals surface area (Å²) < 4.78 is 0. The predicted molar refractivity (Wildman–Crippen MR) is 96.4 cm³/mol. The van der Waals surface area contributed by atoms with Crippen molar-refractivity contribution in [2.24, 2.45) is 0 Å². The van der Waals surface area contributed by atoms with Gasteiger partial charge in [0.25, 0.3) is 11.8 Å². The first-order valence-electron chi connectivity index (χ1n) is 6.97. The Morgan fingerprint density at radius 3 is 2.48 bits per heavy atom. The number of benzene rings is 1. The maximum atomic E-state index is 12.8. The molecule has 4 nitrogen and oxygen atoms in total. The van der Waals surface area contributed by atoms with E-state index >= 15 is 0 Å². The van der Waals surface area contributed by atoms with Crippen LogP contribution < -0.4 is 10.2 Å². The van der Waals surface area contributed by atoms with E-state index < -0.39 is 11.8 Å². The van der Waals surface area contributed by atoms with Crippen molar-refractivity contribution >= 4 is 52.2 Å². The zero-order valence-corrected chi connectivity index (χ0v) is 14.3. The summed E-state index contributed by atoms with van der Waals surface area (Å²) in [7, 11) is 0. The Bertz CT molecular complexity index is 818. The van der Waals surface area contributed by atoms with Crippen molar-refractivity contribution < 1.29 is 9.59 Å². The summed E-state index contributed by atoms with van der Waals surface area (Å²) >= 11 is 6.70. The molecule has 2 heterocycles. The predicted octanol–water partition coefficient (Wildman–Crippen LogP) is 3.20. The minimum Gasteiger partial charge on any atom is -0.298 e. The molecule has 0 radical (unpaired) electrons. The Balaban J connectivity index is 2.05. The van der Waals surface area contributed by atoms with Crippen molar-refractivity contribution in [1.82, 2.24) is 5.32 Å². The van der Waals surface area contributed by atoms with Crippen molar-refractivity contribution in [3.8, 4) is 0 Å². The normalized spacial score (nSPS) is 16.9. The maximum absolute atomic E-state index is 12.8. The van der Waals surface area contributed by atoms with Crippen LogP contribution in [0.2, 0.25) is 0 Å². The number of amides is 2. The molecule has 0 bridgehead atoms. The van der Waals surface area contributed by atoms with E-state index in [2.05, 4.69) is 5.32 Å². The van der Waals surface area contributed by atoms with Gasteiger partial charge in [0.2, 0.25) is 0 Å². The number of carbonyl (C=O) groups is 2. The third-order valence-electron chi connectivity index (χ3n) is 3.42. The van der Waals surface area contributed by atoms with Gasteiger partial charge in [-0.1, -0.05) is 6.07 Å². The van der Waals surface area contributed by atoms with Crippen LogP contribution in [0, 0.1) is 13.8 Å². The molecular weight excluding hydrogens is 328 g/mol. The molecule has 116 valence electrons. The molecule has 1 aliphatic heterocycles. The van der Waals surface area contributed by atoms with Gasteiger partial charge >= 0.3 is 0 Å². The van der Waals surface area contributed by atoms with Crippen LogP contribution in [-0.2, 0) is 9.59 Å². The van der Waals surface area contributed by atoms with E-state index in [1.165, 1.54) is 16.2 Å². The zero-order chi connectivity index (χ0) is 16.6. The standard InChI is InChI=1S/C17H14N2O2S2/c1-10-5-11(2)7-13(6-10)19-16(21)14(15(20)18-17(19)22)8-12-3-4-23-9-12/h3-9H,1-2H3,(H,18,20,22). The molecule has 0 aliphatic carbocycles. The van der Waals surface area contributed by atoms with E-state index in [4.69, 9.17) is 12.2 Å². The first-order valence-corrected chi connectivity index (χ1v) is 8.33. The fraction of sp³-hybridized carbons (Fsp3) is 0.118. The van der Waals surface area contributed by atoms with Crippen molar-refractivity contribution in [3.63, 3.8) is 0 Å². The summed E-state index contributed by atoms with van der Waals surface area (Å²) in [6.07, 6.45) is 1.59. The van der Waals surface area contributed by atoms with Crippen molar-refractivity contribution in [1.29, 1.82) is 0 Å². The van der Waals surface area contributed by atoms with Gasteiger partial charge < -0.3 is 0 Å². The van der Waals surface area contributed by atoms with Crippen LogP contribution in [0.4, 0.5) is 5.69 Å². The lowest BCUT2D eigenvalue weighted by atomic mass is 10.1. The molecule has 0 saturated carbocycles. The third kappa shape index (κ3) is 3.09. The summed E-state index contributed by atoms with van der Waals surface area (Å²) in [5.74, 6) is -0.873. The van der Waals surface area contributed by atoms with E-state index in [1.54, 1.807) is 6.08 Å². The van der Waals surface area contributed by atoms with Crippen molar-refractivity contribution in [3.05, 3.63) is 57.3 Å². The molecule has 0 unspecified atom stereocenters. The highest BCUT2D eigenvalue weighted by Crippen LogP contribution is 2.24. The van der Waals surface area contributed by atoms with E-state index in [1.807, 2.05) is 48.9 Å². The van der Waals surface area contributed by atoms with Crippen molar-refractivity contribution in [2.45, 2.75) is 13.8 Å². The number of carbonyl (C=O) groups excluding carboxylic acids is 2. The number of aryl methyl sites for hydroxylation is 2. The van der Waals surface area contributed by atoms with Crippen LogP contribution in [0.3, 0.4) is 0 Å². The highest BCUT2D eigenvalue weighted by Gasteiger charge is 2.34. The van der Waals surface area contributed by atoms with E-state index in [0.29, 0.717) is 5.69 Å². The second-order valence-corrected chi connectivity index (χ2v) is 6.53. The number of hydrogen-bond acceptors (Lipinski definition) is 4. The zero-order valence-electron chi connectivity index (χ0n) is 12.6. The van der Waals surface area contributed by atoms with E-state index in [9.17, 15) is 9.59 Å². The van der Waals surface area contributed by atoms with Gasteiger partial charge in [0.1, 0.15) is 5.57 Å². The minimum atomic E-state index is -0.466. The molecule has 1 N–H and O–H groups in total. The smallest absolute Gasteiger partial charge is 0.270 e. The monoisotopic (exact) mass is 342 g/mol. The molecule has 1 aromatic heterocycles. The Hall–Kier alpha value is -2.31. The average molecular weight is 342 g/mol. The number of thiocarbonyl (C=S) groups is 1. The number of thiophene rings is 1. The van der Waals surface area contributed by atoms with Crippen LogP contribution in [0.5, 0.6) is 0 Å². The van der Waals surface area contributed by atoms with Gasteiger partial charge in [0.05, 0.1) is 5.69 Å². The number of nitrogens with one attached hydrogen (secondary N) is 1. The molecule has 1 saturated heterocycles. The lowest BCUT2D eigenvalue weighted by Crippen LogP contribution is -2.54. The van der Waals surface area contributed by atoms with Crippen LogP contribution in [0.1, 0.15) is 16.7 Å². The van der Waals surface area contributed by atoms with Crippen molar-refractivity contribution in [2.75, 3.05) is 4.90 Å². The summed E-state index contributed by atoms with van der Waals surface area (Å²) in [4.78, 5) is 26.3. The van der Waals surface area contributed by atoms with E-state index in [0.717, 1.165) is 16.7 Å². The largest absolute Gasteiger partial charge is 0.298 e. The van der Waals surface area contributed by atoms with Gasteiger partial charge in [-0.05, 0) is 77.8 Å². The number of anilines is 1.